The van der Waals surface area contributed by atoms with E-state index in [1.54, 1.807) is 0 Å². The van der Waals surface area contributed by atoms with Crippen LogP contribution in [0.1, 0.15) is 180 Å². The van der Waals surface area contributed by atoms with E-state index >= 15 is 0 Å². The number of aromatic nitrogens is 2. The van der Waals surface area contributed by atoms with Gasteiger partial charge in [0.25, 0.3) is 5.82 Å². The molecule has 1 atom stereocenters. The molecule has 0 aliphatic rings. The Morgan fingerprint density at radius 1 is 0.594 bits per heavy atom. The Kier molecular flexibility index (Phi) is 19.0. The van der Waals surface area contributed by atoms with Gasteiger partial charge in [-0.2, -0.15) is 0 Å². The summed E-state index contributed by atoms with van der Waals surface area (Å²) >= 11 is 0. The normalized spacial score (nSPS) is 12.7. The van der Waals surface area contributed by atoms with Gasteiger partial charge in [0.1, 0.15) is 12.4 Å². The molecular formula is C30H59N2+. The molecule has 0 spiro atoms. The summed E-state index contributed by atoms with van der Waals surface area (Å²) in [7, 11) is 0. The maximum Gasteiger partial charge on any atom is 0.257 e. The summed E-state index contributed by atoms with van der Waals surface area (Å²) in [6.45, 7) is 9.22. The topological polar surface area (TPSA) is 19.7 Å². The molecule has 32 heavy (non-hydrogen) atoms. The average molecular weight is 448 g/mol. The minimum absolute atomic E-state index is 0.552. The molecule has 0 fully saturated rings. The number of nitrogens with one attached hydrogen (secondary N) is 1. The van der Waals surface area contributed by atoms with Crippen molar-refractivity contribution in [2.75, 3.05) is 0 Å². The van der Waals surface area contributed by atoms with Crippen LogP contribution in [-0.2, 0) is 0 Å². The van der Waals surface area contributed by atoms with Crippen LogP contribution in [0.2, 0.25) is 0 Å². The summed E-state index contributed by atoms with van der Waals surface area (Å²) in [6, 6.07) is 0.552. The van der Waals surface area contributed by atoms with E-state index in [0.717, 1.165) is 0 Å². The van der Waals surface area contributed by atoms with Crippen molar-refractivity contribution >= 4 is 0 Å². The molecule has 1 aromatic rings. The fourth-order valence-electron chi connectivity index (χ4n) is 5.13. The Balaban J connectivity index is 2.04. The second-order valence-corrected chi connectivity index (χ2v) is 10.6. The molecule has 0 bridgehead atoms. The molecule has 0 aromatic carbocycles. The van der Waals surface area contributed by atoms with Crippen molar-refractivity contribution in [2.24, 2.45) is 0 Å². The molecule has 0 saturated heterocycles. The number of hydrogen-bond donors (Lipinski definition) is 1. The number of rotatable bonds is 23. The van der Waals surface area contributed by atoms with Crippen LogP contribution >= 0.6 is 0 Å². The zero-order valence-corrected chi connectivity index (χ0v) is 22.6. The van der Waals surface area contributed by atoms with E-state index in [1.165, 1.54) is 141 Å². The van der Waals surface area contributed by atoms with E-state index in [9.17, 15) is 0 Å². The van der Waals surface area contributed by atoms with Crippen molar-refractivity contribution in [3.63, 3.8) is 0 Å². The fourth-order valence-corrected chi connectivity index (χ4v) is 5.13. The zero-order chi connectivity index (χ0) is 23.3. The Labute approximate surface area is 202 Å². The Morgan fingerprint density at radius 2 is 0.969 bits per heavy atom. The maximum atomic E-state index is 3.58. The Bertz CT molecular complexity index is 505. The highest BCUT2D eigenvalue weighted by molar-refractivity contribution is 4.90. The van der Waals surface area contributed by atoms with Crippen LogP contribution in [0.15, 0.2) is 12.4 Å². The van der Waals surface area contributed by atoms with Crippen LogP contribution in [-0.4, -0.2) is 4.98 Å². The van der Waals surface area contributed by atoms with Gasteiger partial charge in [-0.15, -0.1) is 0 Å². The van der Waals surface area contributed by atoms with Gasteiger partial charge in [0.05, 0.1) is 12.0 Å². The Morgan fingerprint density at radius 3 is 1.41 bits per heavy atom. The third kappa shape index (κ3) is 14.4. The van der Waals surface area contributed by atoms with Crippen LogP contribution < -0.4 is 4.57 Å². The van der Waals surface area contributed by atoms with Crippen molar-refractivity contribution < 1.29 is 4.57 Å². The lowest BCUT2D eigenvalue weighted by atomic mass is 9.93. The van der Waals surface area contributed by atoms with Gasteiger partial charge in [-0.05, 0) is 26.7 Å². The van der Waals surface area contributed by atoms with Gasteiger partial charge in [0.2, 0.25) is 0 Å². The predicted molar refractivity (Wildman–Crippen MR) is 142 cm³/mol. The molecule has 0 aliphatic heterocycles. The molecule has 1 rings (SSSR count). The van der Waals surface area contributed by atoms with Gasteiger partial charge >= 0.3 is 0 Å². The summed E-state index contributed by atoms with van der Waals surface area (Å²) in [6.07, 6.45) is 34.3. The minimum atomic E-state index is 0.552. The van der Waals surface area contributed by atoms with Gasteiger partial charge < -0.3 is 0 Å². The second kappa shape index (κ2) is 20.8. The number of imidazole rings is 1. The third-order valence-corrected chi connectivity index (χ3v) is 7.25. The summed E-state index contributed by atoms with van der Waals surface area (Å²) in [5, 5.41) is 0. The molecule has 1 aromatic heterocycles. The fraction of sp³-hybridized carbons (Fsp3) is 0.900. The van der Waals surface area contributed by atoms with E-state index < -0.39 is 0 Å². The van der Waals surface area contributed by atoms with Crippen molar-refractivity contribution in [2.45, 2.75) is 174 Å². The molecular weight excluding hydrogens is 388 g/mol. The Hall–Kier alpha value is -0.790. The lowest BCUT2D eigenvalue weighted by Crippen LogP contribution is -2.39. The van der Waals surface area contributed by atoms with Gasteiger partial charge in [0, 0.05) is 0 Å². The van der Waals surface area contributed by atoms with E-state index in [1.807, 2.05) is 0 Å². The first kappa shape index (κ1) is 29.2. The monoisotopic (exact) mass is 447 g/mol. The van der Waals surface area contributed by atoms with Crippen LogP contribution in [0.5, 0.6) is 0 Å². The lowest BCUT2D eigenvalue weighted by molar-refractivity contribution is -0.723. The highest BCUT2D eigenvalue weighted by Gasteiger charge is 2.23. The summed E-state index contributed by atoms with van der Waals surface area (Å²) < 4.78 is 2.46. The minimum Gasteiger partial charge on any atom is -0.247 e. The molecule has 0 aliphatic carbocycles. The number of hydrogen-bond acceptors (Lipinski definition) is 0. The van der Waals surface area contributed by atoms with E-state index in [2.05, 4.69) is 49.6 Å². The SMILES string of the molecule is CCCCCCCCCCCCCCCCCC[C@H](CCCCC)c1[nH]cc[n+]1C(C)C. The van der Waals surface area contributed by atoms with Crippen LogP contribution in [0.25, 0.3) is 0 Å². The summed E-state index contributed by atoms with van der Waals surface area (Å²) in [4.78, 5) is 3.58. The molecule has 1 N–H and O–H groups in total. The molecule has 0 saturated carbocycles. The number of aromatic amines is 1. The molecule has 1 heterocycles. The highest BCUT2D eigenvalue weighted by atomic mass is 15.1. The van der Waals surface area contributed by atoms with Crippen LogP contribution in [0.4, 0.5) is 0 Å². The molecule has 2 heteroatoms. The molecule has 2 nitrogen and oxygen atoms in total. The van der Waals surface area contributed by atoms with E-state index in [4.69, 9.17) is 0 Å². The first-order chi connectivity index (χ1) is 15.7. The van der Waals surface area contributed by atoms with E-state index in [0.29, 0.717) is 12.0 Å². The quantitative estimate of drug-likeness (QED) is 0.127. The highest BCUT2D eigenvalue weighted by Crippen LogP contribution is 2.26. The summed E-state index contributed by atoms with van der Waals surface area (Å²) in [5.41, 5.74) is 0. The van der Waals surface area contributed by atoms with Gasteiger partial charge in [-0.1, -0.05) is 136 Å². The second-order valence-electron chi connectivity index (χ2n) is 10.6. The molecule has 0 radical (unpaired) electrons. The van der Waals surface area contributed by atoms with Crippen molar-refractivity contribution in [1.29, 1.82) is 0 Å². The average Bonchev–Trinajstić information content (AvgIpc) is 3.28. The molecule has 188 valence electrons. The number of nitrogens with zero attached hydrogens (tertiary/aromatic N) is 1. The smallest absolute Gasteiger partial charge is 0.247 e. The first-order valence-corrected chi connectivity index (χ1v) is 14.8. The van der Waals surface area contributed by atoms with Crippen molar-refractivity contribution in [3.8, 4) is 0 Å². The lowest BCUT2D eigenvalue weighted by Gasteiger charge is -2.15. The van der Waals surface area contributed by atoms with Gasteiger partial charge in [-0.3, -0.25) is 0 Å². The zero-order valence-electron chi connectivity index (χ0n) is 22.6. The molecule has 0 unspecified atom stereocenters. The van der Waals surface area contributed by atoms with Crippen molar-refractivity contribution in [1.82, 2.24) is 4.98 Å². The third-order valence-electron chi connectivity index (χ3n) is 7.25. The number of unbranched alkanes of at least 4 members (excludes halogenated alkanes) is 17. The molecule has 0 amide bonds. The number of H-pyrrole nitrogens is 1. The largest absolute Gasteiger partial charge is 0.257 e. The maximum absolute atomic E-state index is 3.58. The van der Waals surface area contributed by atoms with Crippen molar-refractivity contribution in [3.05, 3.63) is 18.2 Å². The van der Waals surface area contributed by atoms with E-state index in [-0.39, 0.29) is 0 Å². The predicted octanol–water partition coefficient (Wildman–Crippen LogP) is 10.2. The van der Waals surface area contributed by atoms with Crippen LogP contribution in [0.3, 0.4) is 0 Å². The first-order valence-electron chi connectivity index (χ1n) is 14.8. The van der Waals surface area contributed by atoms with Gasteiger partial charge in [0.15, 0.2) is 0 Å². The standard InChI is InChI=1S/C30H58N2/c1-5-7-9-10-11-12-13-14-15-16-17-18-19-20-21-23-25-29(24-22-8-6-2)30-31-26-27-32(30)28(3)4/h26-29H,5-25H2,1-4H3/p+1/t29-/m0/s1. The van der Waals surface area contributed by atoms with Gasteiger partial charge in [-0.25, -0.2) is 9.55 Å². The van der Waals surface area contributed by atoms with Crippen LogP contribution in [0, 0.1) is 0 Å². The summed E-state index contributed by atoms with van der Waals surface area (Å²) in [5.74, 6) is 2.18.